The van der Waals surface area contributed by atoms with E-state index in [2.05, 4.69) is 26.9 Å². The Bertz CT molecular complexity index is 1530. The molecule has 1 aliphatic rings. The highest BCUT2D eigenvalue weighted by Crippen LogP contribution is 2.44. The van der Waals surface area contributed by atoms with E-state index in [0.29, 0.717) is 13.2 Å². The molecule has 7 heteroatoms. The molecule has 0 amide bonds. The summed E-state index contributed by atoms with van der Waals surface area (Å²) in [6.07, 6.45) is 3.49. The van der Waals surface area contributed by atoms with Gasteiger partial charge < -0.3 is 14.4 Å². The van der Waals surface area contributed by atoms with Gasteiger partial charge in [0.05, 0.1) is 22.8 Å². The number of ether oxygens (including phenoxy) is 1. The predicted octanol–water partition coefficient (Wildman–Crippen LogP) is 5.91. The van der Waals surface area contributed by atoms with Crippen LogP contribution in [0.3, 0.4) is 0 Å². The van der Waals surface area contributed by atoms with Crippen LogP contribution in [-0.2, 0) is 4.74 Å². The number of carbonyl (C=O) groups is 1. The second-order valence-electron chi connectivity index (χ2n) is 8.67. The molecule has 0 aliphatic carbocycles. The Morgan fingerprint density at radius 3 is 2.65 bits per heavy atom. The Hall–Kier alpha value is -3.97. The fourth-order valence-electron chi connectivity index (χ4n) is 5.08. The molecule has 1 saturated heterocycles. The standard InChI is InChI=1S/C27H22FN3O3/c28-20-4-6-21(7-5-20)31-24-13-19-15-29-30-23(19)14-22(24)25(26(31)16-8-10-34-11-9-16)17-2-1-3-18(12-17)27(32)33/h1-7,12-16H,8-11H2,(H,29,30)(H,32,33). The molecule has 0 atom stereocenters. The largest absolute Gasteiger partial charge is 0.478 e. The van der Waals surface area contributed by atoms with Gasteiger partial charge in [-0.15, -0.1) is 0 Å². The minimum absolute atomic E-state index is 0.200. The first-order valence-electron chi connectivity index (χ1n) is 11.3. The number of aromatic amines is 1. The van der Waals surface area contributed by atoms with Gasteiger partial charge in [0.1, 0.15) is 5.82 Å². The molecule has 6 nitrogen and oxygen atoms in total. The number of hydrogen-bond donors (Lipinski definition) is 2. The second-order valence-corrected chi connectivity index (χ2v) is 8.67. The molecule has 3 heterocycles. The Labute approximate surface area is 194 Å². The minimum Gasteiger partial charge on any atom is -0.478 e. The van der Waals surface area contributed by atoms with Gasteiger partial charge in [0, 0.05) is 46.8 Å². The number of aromatic carboxylic acids is 1. The van der Waals surface area contributed by atoms with E-state index >= 15 is 0 Å². The number of nitrogens with one attached hydrogen (secondary N) is 1. The van der Waals surface area contributed by atoms with E-state index in [9.17, 15) is 14.3 Å². The van der Waals surface area contributed by atoms with Crippen LogP contribution in [0.4, 0.5) is 4.39 Å². The summed E-state index contributed by atoms with van der Waals surface area (Å²) in [6, 6.07) is 17.7. The molecule has 0 radical (unpaired) electrons. The van der Waals surface area contributed by atoms with E-state index in [1.807, 2.05) is 6.07 Å². The number of rotatable bonds is 4. The maximum absolute atomic E-state index is 13.8. The van der Waals surface area contributed by atoms with Crippen LogP contribution in [0.5, 0.6) is 0 Å². The summed E-state index contributed by atoms with van der Waals surface area (Å²) >= 11 is 0. The molecule has 2 aromatic heterocycles. The molecular formula is C27H22FN3O3. The lowest BCUT2D eigenvalue weighted by molar-refractivity contribution is 0.0697. The van der Waals surface area contributed by atoms with E-state index in [0.717, 1.165) is 57.2 Å². The Morgan fingerprint density at radius 1 is 1.09 bits per heavy atom. The van der Waals surface area contributed by atoms with Crippen LogP contribution in [0.15, 0.2) is 66.9 Å². The summed E-state index contributed by atoms with van der Waals surface area (Å²) in [4.78, 5) is 11.8. The fourth-order valence-corrected chi connectivity index (χ4v) is 5.08. The first-order chi connectivity index (χ1) is 16.6. The van der Waals surface area contributed by atoms with Gasteiger partial charge in [0.15, 0.2) is 0 Å². The zero-order chi connectivity index (χ0) is 23.2. The predicted molar refractivity (Wildman–Crippen MR) is 128 cm³/mol. The van der Waals surface area contributed by atoms with Crippen molar-refractivity contribution in [3.63, 3.8) is 0 Å². The molecule has 2 N–H and O–H groups in total. The highest BCUT2D eigenvalue weighted by molar-refractivity contribution is 6.06. The molecule has 0 saturated carbocycles. The van der Waals surface area contributed by atoms with Gasteiger partial charge >= 0.3 is 5.97 Å². The zero-order valence-corrected chi connectivity index (χ0v) is 18.3. The van der Waals surface area contributed by atoms with Crippen molar-refractivity contribution in [3.05, 3.63) is 83.9 Å². The highest BCUT2D eigenvalue weighted by atomic mass is 19.1. The lowest BCUT2D eigenvalue weighted by Crippen LogP contribution is -2.17. The number of aromatic nitrogens is 3. The van der Waals surface area contributed by atoms with Crippen molar-refractivity contribution in [2.75, 3.05) is 13.2 Å². The van der Waals surface area contributed by atoms with Crippen molar-refractivity contribution in [3.8, 4) is 16.8 Å². The number of hydrogen-bond acceptors (Lipinski definition) is 3. The third-order valence-electron chi connectivity index (χ3n) is 6.65. The molecule has 5 aromatic rings. The number of benzene rings is 3. The molecule has 0 bridgehead atoms. The van der Waals surface area contributed by atoms with Crippen molar-refractivity contribution in [1.82, 2.24) is 14.8 Å². The first-order valence-corrected chi connectivity index (χ1v) is 11.3. The van der Waals surface area contributed by atoms with E-state index < -0.39 is 5.97 Å². The van der Waals surface area contributed by atoms with Crippen molar-refractivity contribution >= 4 is 27.8 Å². The summed E-state index contributed by atoms with van der Waals surface area (Å²) in [5.41, 5.74) is 5.89. The van der Waals surface area contributed by atoms with Gasteiger partial charge in [-0.1, -0.05) is 12.1 Å². The maximum atomic E-state index is 13.8. The van der Waals surface area contributed by atoms with Gasteiger partial charge in [-0.05, 0) is 66.9 Å². The Morgan fingerprint density at radius 2 is 1.88 bits per heavy atom. The average molecular weight is 455 g/mol. The van der Waals surface area contributed by atoms with Gasteiger partial charge in [-0.25, -0.2) is 9.18 Å². The van der Waals surface area contributed by atoms with Crippen molar-refractivity contribution in [2.24, 2.45) is 0 Å². The maximum Gasteiger partial charge on any atom is 0.335 e. The minimum atomic E-state index is -0.965. The number of H-pyrrole nitrogens is 1. The second kappa shape index (κ2) is 8.11. The smallest absolute Gasteiger partial charge is 0.335 e. The van der Waals surface area contributed by atoms with Crippen molar-refractivity contribution in [2.45, 2.75) is 18.8 Å². The van der Waals surface area contributed by atoms with E-state index in [1.54, 1.807) is 36.5 Å². The number of carboxylic acids is 1. The van der Waals surface area contributed by atoms with E-state index in [4.69, 9.17) is 4.74 Å². The lowest BCUT2D eigenvalue weighted by atomic mass is 9.89. The molecule has 1 fully saturated rings. The van der Waals surface area contributed by atoms with E-state index in [-0.39, 0.29) is 17.3 Å². The summed E-state index contributed by atoms with van der Waals surface area (Å²) < 4.78 is 21.7. The summed E-state index contributed by atoms with van der Waals surface area (Å²) in [5.74, 6) is -1.06. The summed E-state index contributed by atoms with van der Waals surface area (Å²) in [7, 11) is 0. The fraction of sp³-hybridized carbons (Fsp3) is 0.185. The van der Waals surface area contributed by atoms with Crippen molar-refractivity contribution in [1.29, 1.82) is 0 Å². The Balaban J connectivity index is 1.74. The summed E-state index contributed by atoms with van der Waals surface area (Å²) in [5, 5.41) is 18.8. The van der Waals surface area contributed by atoms with Gasteiger partial charge in [0.25, 0.3) is 0 Å². The van der Waals surface area contributed by atoms with Crippen LogP contribution >= 0.6 is 0 Å². The number of halogens is 1. The topological polar surface area (TPSA) is 80.1 Å². The van der Waals surface area contributed by atoms with Crippen LogP contribution in [0.25, 0.3) is 38.6 Å². The number of nitrogens with zero attached hydrogens (tertiary/aromatic N) is 2. The molecular weight excluding hydrogens is 433 g/mol. The molecule has 3 aromatic carbocycles. The highest BCUT2D eigenvalue weighted by Gasteiger charge is 2.28. The zero-order valence-electron chi connectivity index (χ0n) is 18.3. The first kappa shape index (κ1) is 20.6. The quantitative estimate of drug-likeness (QED) is 0.353. The van der Waals surface area contributed by atoms with Crippen LogP contribution in [0, 0.1) is 5.82 Å². The monoisotopic (exact) mass is 455 g/mol. The van der Waals surface area contributed by atoms with Crippen LogP contribution in [0.2, 0.25) is 0 Å². The van der Waals surface area contributed by atoms with Gasteiger partial charge in [0.2, 0.25) is 0 Å². The normalized spacial score (nSPS) is 14.7. The molecule has 0 spiro atoms. The molecule has 6 rings (SSSR count). The van der Waals surface area contributed by atoms with Crippen LogP contribution in [0.1, 0.15) is 34.8 Å². The third kappa shape index (κ3) is 3.36. The molecule has 170 valence electrons. The van der Waals surface area contributed by atoms with Gasteiger partial charge in [-0.2, -0.15) is 5.10 Å². The van der Waals surface area contributed by atoms with Crippen LogP contribution < -0.4 is 0 Å². The molecule has 0 unspecified atom stereocenters. The third-order valence-corrected chi connectivity index (χ3v) is 6.65. The van der Waals surface area contributed by atoms with E-state index in [1.165, 1.54) is 12.1 Å². The van der Waals surface area contributed by atoms with Crippen LogP contribution in [-0.4, -0.2) is 39.1 Å². The lowest BCUT2D eigenvalue weighted by Gasteiger charge is -2.26. The Kier molecular flexibility index (Phi) is 4.92. The summed E-state index contributed by atoms with van der Waals surface area (Å²) in [6.45, 7) is 1.32. The number of carboxylic acid groups (broad SMARTS) is 1. The number of fused-ring (bicyclic) bond motifs is 2. The molecule has 34 heavy (non-hydrogen) atoms. The molecule has 1 aliphatic heterocycles. The average Bonchev–Trinajstić information content (AvgIpc) is 3.45. The van der Waals surface area contributed by atoms with Crippen molar-refractivity contribution < 1.29 is 19.0 Å². The SMILES string of the molecule is O=C(O)c1cccc(-c2c(C3CCOCC3)n(-c3ccc(F)cc3)c3cc4cn[nH]c4cc23)c1. The van der Waals surface area contributed by atoms with Gasteiger partial charge in [-0.3, -0.25) is 5.10 Å².